The first-order valence-corrected chi connectivity index (χ1v) is 8.94. The number of hydrogen-bond acceptors (Lipinski definition) is 2. The molecule has 1 saturated carbocycles. The van der Waals surface area contributed by atoms with Crippen LogP contribution >= 0.6 is 15.9 Å². The van der Waals surface area contributed by atoms with Crippen LogP contribution < -0.4 is 5.32 Å². The summed E-state index contributed by atoms with van der Waals surface area (Å²) in [6.45, 7) is 2.77. The van der Waals surface area contributed by atoms with Crippen LogP contribution in [0.2, 0.25) is 0 Å². The Bertz CT molecular complexity index is 560. The summed E-state index contributed by atoms with van der Waals surface area (Å²) in [5.41, 5.74) is -0.779. The van der Waals surface area contributed by atoms with E-state index in [-0.39, 0.29) is 0 Å². The van der Waals surface area contributed by atoms with Gasteiger partial charge in [-0.25, -0.2) is 4.79 Å². The van der Waals surface area contributed by atoms with Gasteiger partial charge in [0.05, 0.1) is 0 Å². The zero-order valence-corrected chi connectivity index (χ0v) is 15.1. The van der Waals surface area contributed by atoms with Gasteiger partial charge in [-0.2, -0.15) is 0 Å². The van der Waals surface area contributed by atoms with Gasteiger partial charge in [0.2, 0.25) is 0 Å². The summed E-state index contributed by atoms with van der Waals surface area (Å²) < 4.78 is 2.99. The van der Waals surface area contributed by atoms with Crippen molar-refractivity contribution >= 4 is 21.9 Å². The van der Waals surface area contributed by atoms with Crippen molar-refractivity contribution in [1.82, 2.24) is 9.88 Å². The number of carboxylic acids is 1. The molecule has 1 fully saturated rings. The molecular formula is C18H25BrN2O2. The summed E-state index contributed by atoms with van der Waals surface area (Å²) in [6.07, 6.45) is 15.3. The van der Waals surface area contributed by atoms with Gasteiger partial charge < -0.3 is 15.0 Å². The van der Waals surface area contributed by atoms with Gasteiger partial charge in [-0.05, 0) is 43.7 Å². The van der Waals surface area contributed by atoms with Crippen LogP contribution in [0.1, 0.15) is 39.0 Å². The Kier molecular flexibility index (Phi) is 6.51. The van der Waals surface area contributed by atoms with E-state index in [1.165, 1.54) is 25.7 Å². The average Bonchev–Trinajstić information content (AvgIpc) is 3.22. The van der Waals surface area contributed by atoms with Gasteiger partial charge >= 0.3 is 5.97 Å². The van der Waals surface area contributed by atoms with Crippen molar-refractivity contribution in [3.8, 4) is 0 Å². The lowest BCUT2D eigenvalue weighted by Crippen LogP contribution is -2.39. The molecule has 0 amide bonds. The van der Waals surface area contributed by atoms with E-state index in [1.54, 1.807) is 0 Å². The number of halogens is 1. The molecule has 23 heavy (non-hydrogen) atoms. The molecule has 0 spiro atoms. The summed E-state index contributed by atoms with van der Waals surface area (Å²) in [6, 6.07) is 3.77. The highest BCUT2D eigenvalue weighted by Crippen LogP contribution is 2.35. The van der Waals surface area contributed by atoms with E-state index in [9.17, 15) is 9.90 Å². The third-order valence-corrected chi connectivity index (χ3v) is 5.16. The molecule has 2 N–H and O–H groups in total. The standard InChI is InChI=1S/C13H19NO2.C5H6BrN/c1-13(12(15)16,14-8-4-5-9-14)10-11-6-2-3-7-11;6-5-1-3-7-4-2-5/h4-5,8-9,11H,2-3,6-7,10H2,1H3,(H,15,16);1-3,7H,4H2. The lowest BCUT2D eigenvalue weighted by atomic mass is 9.87. The van der Waals surface area contributed by atoms with Crippen LogP contribution in [0.3, 0.4) is 0 Å². The third-order valence-electron chi connectivity index (χ3n) is 4.57. The first-order chi connectivity index (χ1) is 11.0. The summed E-state index contributed by atoms with van der Waals surface area (Å²) in [5.74, 6) is -0.154. The molecule has 1 aromatic rings. The first-order valence-electron chi connectivity index (χ1n) is 8.15. The van der Waals surface area contributed by atoms with Crippen LogP contribution in [-0.4, -0.2) is 22.2 Å². The summed E-state index contributed by atoms with van der Waals surface area (Å²) >= 11 is 3.32. The second-order valence-electron chi connectivity index (χ2n) is 6.35. The molecule has 2 aliphatic rings. The molecule has 1 aliphatic carbocycles. The maximum Gasteiger partial charge on any atom is 0.329 e. The number of carbonyl (C=O) groups is 1. The number of nitrogens with one attached hydrogen (secondary N) is 1. The van der Waals surface area contributed by atoms with Crippen LogP contribution in [0.15, 0.2) is 47.4 Å². The average molecular weight is 381 g/mol. The van der Waals surface area contributed by atoms with Crippen LogP contribution in [0.5, 0.6) is 0 Å². The Morgan fingerprint density at radius 3 is 2.48 bits per heavy atom. The molecule has 2 heterocycles. The highest BCUT2D eigenvalue weighted by Gasteiger charge is 2.37. The van der Waals surface area contributed by atoms with E-state index < -0.39 is 11.5 Å². The SMILES string of the molecule is BrC1=CCNC=C1.CC(CC1CCCC1)(C(=O)O)n1cccc1. The van der Waals surface area contributed by atoms with Crippen molar-refractivity contribution in [1.29, 1.82) is 0 Å². The zero-order valence-electron chi connectivity index (χ0n) is 13.5. The number of rotatable bonds is 4. The van der Waals surface area contributed by atoms with E-state index in [0.717, 1.165) is 17.4 Å². The second kappa shape index (κ2) is 8.39. The summed E-state index contributed by atoms with van der Waals surface area (Å²) in [4.78, 5) is 11.5. The van der Waals surface area contributed by atoms with E-state index in [2.05, 4.69) is 27.3 Å². The van der Waals surface area contributed by atoms with Gasteiger partial charge in [0.25, 0.3) is 0 Å². The Hall–Kier alpha value is -1.49. The summed E-state index contributed by atoms with van der Waals surface area (Å²) in [5, 5.41) is 12.5. The molecule has 5 heteroatoms. The highest BCUT2D eigenvalue weighted by atomic mass is 79.9. The van der Waals surface area contributed by atoms with Crippen molar-refractivity contribution in [3.63, 3.8) is 0 Å². The van der Waals surface area contributed by atoms with Gasteiger partial charge in [0.1, 0.15) is 5.54 Å². The third kappa shape index (κ3) is 4.99. The molecule has 1 unspecified atom stereocenters. The van der Waals surface area contributed by atoms with Crippen molar-refractivity contribution in [3.05, 3.63) is 47.4 Å². The van der Waals surface area contributed by atoms with E-state index in [1.807, 2.05) is 48.3 Å². The number of aliphatic carboxylic acids is 1. The molecule has 1 aliphatic heterocycles. The second-order valence-corrected chi connectivity index (χ2v) is 7.27. The molecule has 3 rings (SSSR count). The lowest BCUT2D eigenvalue weighted by molar-refractivity contribution is -0.147. The number of aromatic nitrogens is 1. The number of hydrogen-bond donors (Lipinski definition) is 2. The molecule has 126 valence electrons. The van der Waals surface area contributed by atoms with Gasteiger partial charge in [-0.1, -0.05) is 47.7 Å². The molecule has 1 aromatic heterocycles. The van der Waals surface area contributed by atoms with E-state index in [0.29, 0.717) is 5.92 Å². The van der Waals surface area contributed by atoms with Crippen molar-refractivity contribution in [2.75, 3.05) is 6.54 Å². The van der Waals surface area contributed by atoms with Crippen LogP contribution in [-0.2, 0) is 10.3 Å². The lowest BCUT2D eigenvalue weighted by Gasteiger charge is -2.29. The number of carboxylic acid groups (broad SMARTS) is 1. The Labute approximate surface area is 146 Å². The molecule has 4 nitrogen and oxygen atoms in total. The van der Waals surface area contributed by atoms with Crippen LogP contribution in [0.4, 0.5) is 0 Å². The minimum atomic E-state index is -0.779. The van der Waals surface area contributed by atoms with Gasteiger partial charge in [-0.3, -0.25) is 0 Å². The fraction of sp³-hybridized carbons (Fsp3) is 0.500. The van der Waals surface area contributed by atoms with Gasteiger partial charge in [0, 0.05) is 23.4 Å². The molecule has 0 saturated heterocycles. The maximum absolute atomic E-state index is 11.5. The van der Waals surface area contributed by atoms with Gasteiger partial charge in [0.15, 0.2) is 0 Å². The number of allylic oxidation sites excluding steroid dienone is 2. The summed E-state index contributed by atoms with van der Waals surface area (Å²) in [7, 11) is 0. The molecular weight excluding hydrogens is 356 g/mol. The molecule has 1 atom stereocenters. The Balaban J connectivity index is 0.000000229. The first kappa shape index (κ1) is 17.9. The zero-order chi connectivity index (χ0) is 16.7. The number of dihydropyridines is 1. The molecule has 0 aromatic carbocycles. The normalized spacial score (nSPS) is 20.0. The fourth-order valence-electron chi connectivity index (χ4n) is 3.17. The predicted molar refractivity (Wildman–Crippen MR) is 96.4 cm³/mol. The van der Waals surface area contributed by atoms with Crippen LogP contribution in [0, 0.1) is 5.92 Å². The highest BCUT2D eigenvalue weighted by molar-refractivity contribution is 9.11. The maximum atomic E-state index is 11.5. The fourth-order valence-corrected chi connectivity index (χ4v) is 3.47. The van der Waals surface area contributed by atoms with Crippen molar-refractivity contribution in [2.24, 2.45) is 5.92 Å². The predicted octanol–water partition coefficient (Wildman–Crippen LogP) is 4.25. The largest absolute Gasteiger partial charge is 0.479 e. The molecule has 0 radical (unpaired) electrons. The van der Waals surface area contributed by atoms with Gasteiger partial charge in [-0.15, -0.1) is 0 Å². The molecule has 0 bridgehead atoms. The smallest absolute Gasteiger partial charge is 0.329 e. The van der Waals surface area contributed by atoms with E-state index in [4.69, 9.17) is 0 Å². The van der Waals surface area contributed by atoms with Crippen LogP contribution in [0.25, 0.3) is 0 Å². The minimum Gasteiger partial charge on any atom is -0.479 e. The topological polar surface area (TPSA) is 54.3 Å². The quantitative estimate of drug-likeness (QED) is 0.820. The monoisotopic (exact) mass is 380 g/mol. The Morgan fingerprint density at radius 1 is 1.39 bits per heavy atom. The Morgan fingerprint density at radius 2 is 2.04 bits per heavy atom. The minimum absolute atomic E-state index is 0.573. The van der Waals surface area contributed by atoms with Crippen molar-refractivity contribution < 1.29 is 9.90 Å². The van der Waals surface area contributed by atoms with Crippen molar-refractivity contribution in [2.45, 2.75) is 44.6 Å². The number of nitrogens with zero attached hydrogens (tertiary/aromatic N) is 1. The van der Waals surface area contributed by atoms with E-state index >= 15 is 0 Å².